The molecule has 1 unspecified atom stereocenters. The first kappa shape index (κ1) is 13.5. The van der Waals surface area contributed by atoms with Crippen LogP contribution >= 0.6 is 11.3 Å². The van der Waals surface area contributed by atoms with E-state index in [9.17, 15) is 4.79 Å². The van der Waals surface area contributed by atoms with Crippen molar-refractivity contribution < 1.29 is 9.53 Å². The number of amides is 1. The lowest BCUT2D eigenvalue weighted by Crippen LogP contribution is -2.22. The minimum atomic E-state index is 0.0126. The van der Waals surface area contributed by atoms with E-state index in [0.29, 0.717) is 13.0 Å². The summed E-state index contributed by atoms with van der Waals surface area (Å²) in [7, 11) is 1.65. The number of nitrogens with zero attached hydrogens (tertiary/aromatic N) is 1. The lowest BCUT2D eigenvalue weighted by atomic mass is 10.1. The Morgan fingerprint density at radius 1 is 1.67 bits per heavy atom. The molecule has 0 aliphatic carbocycles. The lowest BCUT2D eigenvalue weighted by molar-refractivity contribution is -0.117. The molecule has 0 spiro atoms. The molecule has 5 nitrogen and oxygen atoms in total. The van der Waals surface area contributed by atoms with Gasteiger partial charge in [-0.3, -0.25) is 4.79 Å². The third-order valence-electron chi connectivity index (χ3n) is 2.83. The Labute approximate surface area is 111 Å². The van der Waals surface area contributed by atoms with Gasteiger partial charge in [-0.15, -0.1) is 11.3 Å². The lowest BCUT2D eigenvalue weighted by Gasteiger charge is -2.09. The summed E-state index contributed by atoms with van der Waals surface area (Å²) in [5, 5.41) is 6.89. The summed E-state index contributed by atoms with van der Waals surface area (Å²) in [6.45, 7) is 4.43. The quantitative estimate of drug-likeness (QED) is 0.848. The van der Waals surface area contributed by atoms with E-state index in [1.807, 2.05) is 6.92 Å². The maximum absolute atomic E-state index is 11.8. The molecule has 1 aliphatic heterocycles. The summed E-state index contributed by atoms with van der Waals surface area (Å²) in [5.74, 6) is 0.241. The molecule has 2 rings (SSSR count). The predicted molar refractivity (Wildman–Crippen MR) is 71.8 cm³/mol. The number of thiazole rings is 1. The predicted octanol–water partition coefficient (Wildman–Crippen LogP) is 1.40. The van der Waals surface area contributed by atoms with Gasteiger partial charge in [0.05, 0.1) is 5.69 Å². The van der Waals surface area contributed by atoms with Gasteiger partial charge in [0.25, 0.3) is 0 Å². The van der Waals surface area contributed by atoms with Crippen LogP contribution in [-0.2, 0) is 22.5 Å². The van der Waals surface area contributed by atoms with Gasteiger partial charge in [-0.25, -0.2) is 4.98 Å². The summed E-state index contributed by atoms with van der Waals surface area (Å²) >= 11 is 1.57. The number of anilines is 1. The Morgan fingerprint density at radius 2 is 2.50 bits per heavy atom. The molecule has 0 fully saturated rings. The molecule has 6 heteroatoms. The molecule has 1 aromatic rings. The number of fused-ring (bicyclic) bond motifs is 1. The van der Waals surface area contributed by atoms with Gasteiger partial charge in [0.15, 0.2) is 5.13 Å². The highest BCUT2D eigenvalue weighted by atomic mass is 32.1. The zero-order valence-electron chi connectivity index (χ0n) is 10.8. The van der Waals surface area contributed by atoms with Gasteiger partial charge in [0.1, 0.15) is 0 Å². The second-order valence-electron chi connectivity index (χ2n) is 4.63. The molecule has 0 bridgehead atoms. The van der Waals surface area contributed by atoms with Crippen molar-refractivity contribution >= 4 is 22.4 Å². The molecule has 2 N–H and O–H groups in total. The number of methoxy groups -OCH3 is 1. The maximum Gasteiger partial charge on any atom is 0.226 e. The summed E-state index contributed by atoms with van der Waals surface area (Å²) < 4.78 is 5.02. The molecule has 0 saturated heterocycles. The minimum absolute atomic E-state index is 0.0126. The zero-order valence-corrected chi connectivity index (χ0v) is 11.6. The number of rotatable bonds is 5. The largest absolute Gasteiger partial charge is 0.384 e. The van der Waals surface area contributed by atoms with Crippen molar-refractivity contribution in [1.82, 2.24) is 10.3 Å². The van der Waals surface area contributed by atoms with Gasteiger partial charge in [0.2, 0.25) is 5.91 Å². The van der Waals surface area contributed by atoms with Crippen LogP contribution in [0.5, 0.6) is 0 Å². The molecule has 0 radical (unpaired) electrons. The molecular weight excluding hydrogens is 250 g/mol. The van der Waals surface area contributed by atoms with Crippen LogP contribution in [0.15, 0.2) is 0 Å². The van der Waals surface area contributed by atoms with Crippen molar-refractivity contribution in [2.45, 2.75) is 26.3 Å². The highest BCUT2D eigenvalue weighted by Crippen LogP contribution is 2.25. The molecule has 1 atom stereocenters. The maximum atomic E-state index is 11.8. The first-order chi connectivity index (χ1) is 8.69. The average Bonchev–Trinajstić information content (AvgIpc) is 2.70. The number of ether oxygens (including phenoxy) is 1. The molecule has 1 aromatic heterocycles. The molecule has 1 amide bonds. The number of aromatic nitrogens is 1. The standard InChI is InChI=1S/C12H19N3O2S/c1-8(7-17-2)5-11(16)15-12-14-9-3-4-13-6-10(9)18-12/h8,13H,3-7H2,1-2H3,(H,14,15,16). The SMILES string of the molecule is COCC(C)CC(=O)Nc1nc2c(s1)CNCC2. The highest BCUT2D eigenvalue weighted by Gasteiger charge is 2.16. The van der Waals surface area contributed by atoms with E-state index in [2.05, 4.69) is 15.6 Å². The van der Waals surface area contributed by atoms with Crippen molar-refractivity contribution in [2.75, 3.05) is 25.6 Å². The van der Waals surface area contributed by atoms with Crippen molar-refractivity contribution in [3.8, 4) is 0 Å². The van der Waals surface area contributed by atoms with Crippen molar-refractivity contribution in [2.24, 2.45) is 5.92 Å². The fraction of sp³-hybridized carbons (Fsp3) is 0.667. The van der Waals surface area contributed by atoms with Gasteiger partial charge >= 0.3 is 0 Å². The highest BCUT2D eigenvalue weighted by molar-refractivity contribution is 7.15. The topological polar surface area (TPSA) is 63.2 Å². The van der Waals surface area contributed by atoms with E-state index < -0.39 is 0 Å². The Morgan fingerprint density at radius 3 is 3.22 bits per heavy atom. The van der Waals surface area contributed by atoms with Crippen LogP contribution in [0.3, 0.4) is 0 Å². The van der Waals surface area contributed by atoms with Crippen molar-refractivity contribution in [1.29, 1.82) is 0 Å². The van der Waals surface area contributed by atoms with Crippen LogP contribution in [0.4, 0.5) is 5.13 Å². The normalized spacial score (nSPS) is 16.1. The zero-order chi connectivity index (χ0) is 13.0. The van der Waals surface area contributed by atoms with Crippen molar-refractivity contribution in [3.63, 3.8) is 0 Å². The number of carbonyl (C=O) groups is 1. The van der Waals surface area contributed by atoms with Crippen LogP contribution in [-0.4, -0.2) is 31.2 Å². The molecule has 0 aromatic carbocycles. The first-order valence-corrected chi connectivity index (χ1v) is 6.98. The number of hydrogen-bond donors (Lipinski definition) is 2. The molecule has 18 heavy (non-hydrogen) atoms. The second kappa shape index (κ2) is 6.26. The molecule has 0 saturated carbocycles. The molecule has 1 aliphatic rings. The van der Waals surface area contributed by atoms with Gasteiger partial charge in [-0.05, 0) is 5.92 Å². The minimum Gasteiger partial charge on any atom is -0.384 e. The molecule has 2 heterocycles. The summed E-state index contributed by atoms with van der Waals surface area (Å²) in [4.78, 5) is 17.5. The summed E-state index contributed by atoms with van der Waals surface area (Å²) in [6, 6.07) is 0. The Balaban J connectivity index is 1.89. The van der Waals surface area contributed by atoms with E-state index in [1.54, 1.807) is 18.4 Å². The van der Waals surface area contributed by atoms with E-state index >= 15 is 0 Å². The van der Waals surface area contributed by atoms with Gasteiger partial charge in [0, 0.05) is 44.5 Å². The first-order valence-electron chi connectivity index (χ1n) is 6.17. The van der Waals surface area contributed by atoms with Crippen LogP contribution in [0.25, 0.3) is 0 Å². The smallest absolute Gasteiger partial charge is 0.226 e. The monoisotopic (exact) mass is 269 g/mol. The fourth-order valence-electron chi connectivity index (χ4n) is 2.01. The van der Waals surface area contributed by atoms with Crippen LogP contribution in [0.1, 0.15) is 23.9 Å². The van der Waals surface area contributed by atoms with Gasteiger partial charge < -0.3 is 15.4 Å². The van der Waals surface area contributed by atoms with Crippen LogP contribution in [0, 0.1) is 5.92 Å². The molecule has 100 valence electrons. The van der Waals surface area contributed by atoms with Crippen LogP contribution in [0.2, 0.25) is 0 Å². The van der Waals surface area contributed by atoms with E-state index in [1.165, 1.54) is 4.88 Å². The average molecular weight is 269 g/mol. The summed E-state index contributed by atoms with van der Waals surface area (Å²) in [5.41, 5.74) is 1.12. The Kier molecular flexibility index (Phi) is 4.68. The van der Waals surface area contributed by atoms with Gasteiger partial charge in [-0.1, -0.05) is 6.92 Å². The number of hydrogen-bond acceptors (Lipinski definition) is 5. The van der Waals surface area contributed by atoms with Crippen molar-refractivity contribution in [3.05, 3.63) is 10.6 Å². The van der Waals surface area contributed by atoms with Gasteiger partial charge in [-0.2, -0.15) is 0 Å². The van der Waals surface area contributed by atoms with Crippen LogP contribution < -0.4 is 10.6 Å². The Bertz CT molecular complexity index is 396. The third kappa shape index (κ3) is 3.51. The third-order valence-corrected chi connectivity index (χ3v) is 3.85. The number of nitrogens with one attached hydrogen (secondary N) is 2. The number of carbonyl (C=O) groups excluding carboxylic acids is 1. The fourth-order valence-corrected chi connectivity index (χ4v) is 3.00. The second-order valence-corrected chi connectivity index (χ2v) is 5.71. The summed E-state index contributed by atoms with van der Waals surface area (Å²) in [6.07, 6.45) is 1.41. The van der Waals surface area contributed by atoms with E-state index in [-0.39, 0.29) is 11.8 Å². The van der Waals surface area contributed by atoms with E-state index in [4.69, 9.17) is 4.74 Å². The Hall–Kier alpha value is -0.980. The molecular formula is C12H19N3O2S. The van der Waals surface area contributed by atoms with E-state index in [0.717, 1.165) is 30.3 Å².